The Balaban J connectivity index is 0.00000160. The number of fused-ring (bicyclic) bond motifs is 1. The third-order valence-corrected chi connectivity index (χ3v) is 5.56. The van der Waals surface area contributed by atoms with E-state index in [2.05, 4.69) is 5.32 Å². The maximum Gasteiger partial charge on any atom is 1.00 e. The minimum absolute atomic E-state index is 0. The fourth-order valence-corrected chi connectivity index (χ4v) is 4.16. The van der Waals surface area contributed by atoms with Gasteiger partial charge in [0.2, 0.25) is 0 Å². The summed E-state index contributed by atoms with van der Waals surface area (Å²) in [5, 5.41) is 13.4. The van der Waals surface area contributed by atoms with Crippen LogP contribution in [-0.2, 0) is 0 Å². The molecule has 29 heavy (non-hydrogen) atoms. The molecule has 142 valence electrons. The first-order valence-electron chi connectivity index (χ1n) is 8.46. The molecule has 0 aliphatic rings. The zero-order valence-electron chi connectivity index (χ0n) is 16.8. The number of carbonyl (C=O) groups is 1. The Morgan fingerprint density at radius 3 is 2.52 bits per heavy atom. The zero-order chi connectivity index (χ0) is 19.8. The van der Waals surface area contributed by atoms with Crippen LogP contribution in [0.25, 0.3) is 15.9 Å². The van der Waals surface area contributed by atoms with Crippen molar-refractivity contribution in [2.45, 2.75) is 6.92 Å². The quantitative estimate of drug-likeness (QED) is 0.513. The van der Waals surface area contributed by atoms with E-state index in [1.54, 1.807) is 37.3 Å². The molecule has 4 rings (SSSR count). The summed E-state index contributed by atoms with van der Waals surface area (Å²) in [5.41, 5.74) is 1.80. The van der Waals surface area contributed by atoms with Crippen LogP contribution in [0.4, 0.5) is 15.8 Å². The molecule has 0 bridgehead atoms. The van der Waals surface area contributed by atoms with Gasteiger partial charge in [0, 0.05) is 17.1 Å². The summed E-state index contributed by atoms with van der Waals surface area (Å²) in [6, 6.07) is 16.5. The van der Waals surface area contributed by atoms with Crippen molar-refractivity contribution in [3.63, 3.8) is 0 Å². The predicted molar refractivity (Wildman–Crippen MR) is 110 cm³/mol. The minimum Gasteiger partial charge on any atom is -1.00 e. The van der Waals surface area contributed by atoms with E-state index in [9.17, 15) is 19.1 Å². The van der Waals surface area contributed by atoms with Crippen molar-refractivity contribution in [2.75, 3.05) is 5.32 Å². The van der Waals surface area contributed by atoms with Crippen LogP contribution in [0, 0.1) is 12.7 Å². The molecule has 0 fully saturated rings. The van der Waals surface area contributed by atoms with Gasteiger partial charge in [-0.1, -0.05) is 18.2 Å². The number of anilines is 2. The first-order chi connectivity index (χ1) is 13.5. The van der Waals surface area contributed by atoms with Gasteiger partial charge in [0.1, 0.15) is 15.5 Å². The molecule has 2 aromatic heterocycles. The largest absolute Gasteiger partial charge is 1.00 e. The van der Waals surface area contributed by atoms with Crippen molar-refractivity contribution in [1.82, 2.24) is 4.57 Å². The van der Waals surface area contributed by atoms with Crippen molar-refractivity contribution in [2.24, 2.45) is 0 Å². The fraction of sp³-hybridized carbons (Fsp3) is 0.0476. The van der Waals surface area contributed by atoms with Gasteiger partial charge in [0.25, 0.3) is 5.56 Å². The third-order valence-electron chi connectivity index (χ3n) is 4.38. The SMILES string of the molecule is Cc1cc(Nc2c(C(=O)O)sc3c2ccc(=O)n3-c2ccccc2)ccc1F.[H-].[Li+]. The monoisotopic (exact) mass is 402 g/mol. The summed E-state index contributed by atoms with van der Waals surface area (Å²) in [4.78, 5) is 25.0. The molecule has 0 saturated heterocycles. The number of hydrogen-bond acceptors (Lipinski definition) is 4. The van der Waals surface area contributed by atoms with Gasteiger partial charge >= 0.3 is 24.8 Å². The van der Waals surface area contributed by atoms with Crippen LogP contribution in [0.5, 0.6) is 0 Å². The van der Waals surface area contributed by atoms with E-state index in [0.717, 1.165) is 11.3 Å². The number of carboxylic acid groups (broad SMARTS) is 1. The van der Waals surface area contributed by atoms with Gasteiger partial charge in [-0.2, -0.15) is 0 Å². The van der Waals surface area contributed by atoms with Crippen molar-refractivity contribution in [3.8, 4) is 5.69 Å². The molecular weight excluding hydrogens is 386 g/mol. The van der Waals surface area contributed by atoms with Crippen LogP contribution in [0.2, 0.25) is 0 Å². The molecule has 2 N–H and O–H groups in total. The summed E-state index contributed by atoms with van der Waals surface area (Å²) in [5.74, 6) is -1.44. The van der Waals surface area contributed by atoms with Gasteiger partial charge in [0.05, 0.1) is 11.4 Å². The molecule has 0 aliphatic heterocycles. The Labute approximate surface area is 183 Å². The van der Waals surface area contributed by atoms with Crippen molar-refractivity contribution >= 4 is 38.9 Å². The number of aromatic nitrogens is 1. The standard InChI is InChI=1S/C21H15FN2O3S.Li.H/c1-12-11-13(7-9-16(12)22)23-18-15-8-10-17(25)24(14-5-3-2-4-6-14)20(15)28-19(18)21(26)27;;/h2-11,23H,1H3,(H,26,27);;/q;+1;-1. The number of nitrogens with one attached hydrogen (secondary N) is 1. The molecule has 0 aliphatic carbocycles. The number of nitrogens with zero attached hydrogens (tertiary/aromatic N) is 1. The fourth-order valence-electron chi connectivity index (χ4n) is 3.04. The van der Waals surface area contributed by atoms with Gasteiger partial charge in [-0.25, -0.2) is 9.18 Å². The Kier molecular flexibility index (Phi) is 5.94. The van der Waals surface area contributed by atoms with Gasteiger partial charge in [-0.3, -0.25) is 9.36 Å². The topological polar surface area (TPSA) is 71.3 Å². The number of thiophene rings is 1. The summed E-state index contributed by atoms with van der Waals surface area (Å²) in [7, 11) is 0. The maximum atomic E-state index is 13.6. The van der Waals surface area contributed by atoms with Gasteiger partial charge < -0.3 is 11.8 Å². The van der Waals surface area contributed by atoms with E-state index in [0.29, 0.717) is 32.8 Å². The average Bonchev–Trinajstić information content (AvgIpc) is 3.04. The molecule has 0 unspecified atom stereocenters. The predicted octanol–water partition coefficient (Wildman–Crippen LogP) is 2.06. The van der Waals surface area contributed by atoms with Crippen LogP contribution in [0.1, 0.15) is 16.7 Å². The Bertz CT molecular complexity index is 1270. The molecule has 8 heteroatoms. The smallest absolute Gasteiger partial charge is 1.00 e. The minimum atomic E-state index is -1.10. The molecule has 0 amide bonds. The average molecular weight is 402 g/mol. The maximum absolute atomic E-state index is 13.6. The van der Waals surface area contributed by atoms with E-state index in [1.807, 2.05) is 18.2 Å². The van der Waals surface area contributed by atoms with Crippen LogP contribution < -0.4 is 29.7 Å². The Hall–Kier alpha value is -2.85. The van der Waals surface area contributed by atoms with Gasteiger partial charge in [0.15, 0.2) is 0 Å². The van der Waals surface area contributed by atoms with E-state index >= 15 is 0 Å². The number of pyridine rings is 1. The zero-order valence-corrected chi connectivity index (χ0v) is 16.6. The number of aryl methyl sites for hydroxylation is 1. The third kappa shape index (κ3) is 3.85. The molecule has 0 spiro atoms. The first-order valence-corrected chi connectivity index (χ1v) is 9.28. The van der Waals surface area contributed by atoms with E-state index in [-0.39, 0.29) is 36.5 Å². The van der Waals surface area contributed by atoms with Crippen molar-refractivity contribution in [3.05, 3.63) is 87.3 Å². The first kappa shape index (κ1) is 20.9. The van der Waals surface area contributed by atoms with Crippen molar-refractivity contribution < 1.29 is 34.6 Å². The number of halogens is 1. The van der Waals surface area contributed by atoms with Crippen LogP contribution in [-0.4, -0.2) is 15.6 Å². The molecular formula is C21H16FLiN2O3S. The van der Waals surface area contributed by atoms with Gasteiger partial charge in [-0.15, -0.1) is 11.3 Å². The number of rotatable bonds is 4. The molecule has 0 atom stereocenters. The number of hydrogen-bond donors (Lipinski definition) is 2. The summed E-state index contributed by atoms with van der Waals surface area (Å²) in [6.07, 6.45) is 0. The normalized spacial score (nSPS) is 10.6. The van der Waals surface area contributed by atoms with Crippen LogP contribution in [0.15, 0.2) is 65.5 Å². The molecule has 5 nitrogen and oxygen atoms in total. The second-order valence-electron chi connectivity index (χ2n) is 6.26. The Morgan fingerprint density at radius 1 is 1.14 bits per heavy atom. The molecule has 0 saturated carbocycles. The molecule has 2 aromatic carbocycles. The van der Waals surface area contributed by atoms with Crippen molar-refractivity contribution in [1.29, 1.82) is 0 Å². The summed E-state index contributed by atoms with van der Waals surface area (Å²) < 4.78 is 15.1. The number of aromatic carboxylic acids is 1. The van der Waals surface area contributed by atoms with Crippen LogP contribution >= 0.6 is 11.3 Å². The van der Waals surface area contributed by atoms with E-state index in [1.165, 1.54) is 16.7 Å². The second kappa shape index (κ2) is 8.25. The molecule has 4 aromatic rings. The van der Waals surface area contributed by atoms with Gasteiger partial charge in [-0.05, 0) is 48.9 Å². The molecule has 0 radical (unpaired) electrons. The second-order valence-corrected chi connectivity index (χ2v) is 7.26. The number of carboxylic acids is 1. The number of benzene rings is 2. The summed E-state index contributed by atoms with van der Waals surface area (Å²) >= 11 is 1.02. The van der Waals surface area contributed by atoms with E-state index < -0.39 is 5.97 Å². The van der Waals surface area contributed by atoms with Crippen LogP contribution in [0.3, 0.4) is 0 Å². The summed E-state index contributed by atoms with van der Waals surface area (Å²) in [6.45, 7) is 1.64. The van der Waals surface area contributed by atoms with E-state index in [4.69, 9.17) is 0 Å². The Morgan fingerprint density at radius 2 is 1.86 bits per heavy atom. The number of para-hydroxylation sites is 1. The molecule has 2 heterocycles.